The minimum Gasteiger partial charge on any atom is -0.317 e. The smallest absolute Gasteiger partial charge is 0.164 e. The van der Waals surface area contributed by atoms with Crippen molar-refractivity contribution < 1.29 is 0 Å². The third-order valence-electron chi connectivity index (χ3n) is 9.58. The minimum atomic E-state index is 0.634. The van der Waals surface area contributed by atoms with Gasteiger partial charge in [-0.3, -0.25) is 0 Å². The average Bonchev–Trinajstić information content (AvgIpc) is 3.77. The van der Waals surface area contributed by atoms with Crippen LogP contribution in [0.2, 0.25) is 0 Å². The van der Waals surface area contributed by atoms with Crippen molar-refractivity contribution in [1.29, 1.82) is 0 Å². The normalized spacial score (nSPS) is 11.6. The molecule has 0 atom stereocenters. The summed E-state index contributed by atoms with van der Waals surface area (Å²) < 4.78 is 4.64. The molecule has 0 aliphatic rings. The van der Waals surface area contributed by atoms with E-state index in [1.165, 1.54) is 32.4 Å². The maximum atomic E-state index is 5.02. The Morgan fingerprint density at radius 3 is 1.64 bits per heavy atom. The summed E-state index contributed by atoms with van der Waals surface area (Å²) in [5, 5.41) is 6.11. The first-order valence-electron chi connectivity index (χ1n) is 16.8. The van der Waals surface area contributed by atoms with Gasteiger partial charge < -0.3 is 9.13 Å². The van der Waals surface area contributed by atoms with Gasteiger partial charge in [-0.15, -0.1) is 0 Å². The minimum absolute atomic E-state index is 0.634. The van der Waals surface area contributed by atoms with Gasteiger partial charge in [0, 0.05) is 50.4 Å². The first-order valence-corrected chi connectivity index (χ1v) is 16.8. The van der Waals surface area contributed by atoms with Crippen LogP contribution in [0.4, 0.5) is 0 Å². The van der Waals surface area contributed by atoms with Crippen LogP contribution in [0.25, 0.3) is 89.0 Å². The molecule has 3 heterocycles. The van der Waals surface area contributed by atoms with E-state index < -0.39 is 0 Å². The Bertz CT molecular complexity index is 2800. The highest BCUT2D eigenvalue weighted by molar-refractivity contribution is 6.18. The number of nitrogens with zero attached hydrogens (tertiary/aromatic N) is 5. The molecule has 0 bridgehead atoms. The van der Waals surface area contributed by atoms with Crippen LogP contribution >= 0.6 is 0 Å². The summed E-state index contributed by atoms with van der Waals surface area (Å²) in [6.07, 6.45) is 2.17. The topological polar surface area (TPSA) is 48.5 Å². The van der Waals surface area contributed by atoms with Crippen LogP contribution in [0.3, 0.4) is 0 Å². The molecule has 0 aliphatic carbocycles. The fourth-order valence-corrected chi connectivity index (χ4v) is 7.23. The second kappa shape index (κ2) is 11.4. The van der Waals surface area contributed by atoms with Crippen molar-refractivity contribution in [3.8, 4) is 45.5 Å². The summed E-state index contributed by atoms with van der Waals surface area (Å²) in [5.41, 5.74) is 8.51. The molecular formula is C45H29N5. The van der Waals surface area contributed by atoms with E-state index in [1.807, 2.05) is 60.7 Å². The lowest BCUT2D eigenvalue weighted by Gasteiger charge is -2.12. The van der Waals surface area contributed by atoms with Crippen molar-refractivity contribution in [2.45, 2.75) is 0 Å². The molecule has 10 aromatic rings. The fraction of sp³-hybridized carbons (Fsp3) is 0. The molecule has 0 amide bonds. The zero-order chi connectivity index (χ0) is 33.0. The second-order valence-corrected chi connectivity index (χ2v) is 12.6. The molecule has 234 valence electrons. The van der Waals surface area contributed by atoms with E-state index in [0.29, 0.717) is 17.5 Å². The van der Waals surface area contributed by atoms with E-state index in [2.05, 4.69) is 125 Å². The molecule has 0 saturated carbocycles. The van der Waals surface area contributed by atoms with Crippen molar-refractivity contribution in [2.24, 2.45) is 0 Å². The van der Waals surface area contributed by atoms with Gasteiger partial charge >= 0.3 is 0 Å². The SMILES string of the molecule is c1ccc(-c2nc(-c3ccccc3)nc(-c3cccc(-n4c5ccccc5c5cc6ccc7c(ccn7-c7ccccc7)c6cc54)c3)n2)cc1. The number of rotatable bonds is 5. The summed E-state index contributed by atoms with van der Waals surface area (Å²) in [6, 6.07) is 59.4. The first-order chi connectivity index (χ1) is 24.8. The highest BCUT2D eigenvalue weighted by Gasteiger charge is 2.17. The Kier molecular flexibility index (Phi) is 6.42. The molecule has 0 aliphatic heterocycles. The van der Waals surface area contributed by atoms with E-state index >= 15 is 0 Å². The quantitative estimate of drug-likeness (QED) is 0.188. The molecular weight excluding hydrogens is 611 g/mol. The second-order valence-electron chi connectivity index (χ2n) is 12.6. The maximum Gasteiger partial charge on any atom is 0.164 e. The van der Waals surface area contributed by atoms with Gasteiger partial charge in [0.15, 0.2) is 17.5 Å². The van der Waals surface area contributed by atoms with Crippen LogP contribution < -0.4 is 0 Å². The summed E-state index contributed by atoms with van der Waals surface area (Å²) in [5.74, 6) is 1.93. The molecule has 0 N–H and O–H groups in total. The van der Waals surface area contributed by atoms with Crippen LogP contribution in [-0.2, 0) is 0 Å². The molecule has 3 aromatic heterocycles. The Morgan fingerprint density at radius 2 is 0.920 bits per heavy atom. The number of aromatic nitrogens is 5. The van der Waals surface area contributed by atoms with Gasteiger partial charge in [0.2, 0.25) is 0 Å². The van der Waals surface area contributed by atoms with Gasteiger partial charge in [0.05, 0.1) is 16.6 Å². The van der Waals surface area contributed by atoms with Crippen LogP contribution in [0.15, 0.2) is 176 Å². The van der Waals surface area contributed by atoms with Crippen LogP contribution in [0.1, 0.15) is 0 Å². The largest absolute Gasteiger partial charge is 0.317 e. The molecule has 5 nitrogen and oxygen atoms in total. The third-order valence-corrected chi connectivity index (χ3v) is 9.58. The van der Waals surface area contributed by atoms with Crippen molar-refractivity contribution in [1.82, 2.24) is 24.1 Å². The van der Waals surface area contributed by atoms with Crippen LogP contribution in [0, 0.1) is 0 Å². The predicted molar refractivity (Wildman–Crippen MR) is 205 cm³/mol. The Hall–Kier alpha value is -6.85. The molecule has 7 aromatic carbocycles. The number of para-hydroxylation sites is 2. The van der Waals surface area contributed by atoms with Gasteiger partial charge in [-0.25, -0.2) is 15.0 Å². The van der Waals surface area contributed by atoms with Crippen molar-refractivity contribution in [3.63, 3.8) is 0 Å². The van der Waals surface area contributed by atoms with Gasteiger partial charge in [0.25, 0.3) is 0 Å². The molecule has 5 heteroatoms. The first kappa shape index (κ1) is 28.2. The summed E-state index contributed by atoms with van der Waals surface area (Å²) in [6.45, 7) is 0. The maximum absolute atomic E-state index is 5.02. The highest BCUT2D eigenvalue weighted by atomic mass is 15.0. The van der Waals surface area contributed by atoms with E-state index in [9.17, 15) is 0 Å². The molecule has 0 spiro atoms. The van der Waals surface area contributed by atoms with E-state index in [0.717, 1.165) is 39.1 Å². The zero-order valence-electron chi connectivity index (χ0n) is 27.0. The molecule has 0 unspecified atom stereocenters. The van der Waals surface area contributed by atoms with Gasteiger partial charge in [0.1, 0.15) is 0 Å². The van der Waals surface area contributed by atoms with Crippen LogP contribution in [-0.4, -0.2) is 24.1 Å². The molecule has 50 heavy (non-hydrogen) atoms. The Balaban J connectivity index is 1.18. The predicted octanol–water partition coefficient (Wildman–Crippen LogP) is 11.1. The van der Waals surface area contributed by atoms with Gasteiger partial charge in [-0.05, 0) is 65.4 Å². The van der Waals surface area contributed by atoms with Gasteiger partial charge in [-0.2, -0.15) is 0 Å². The number of hydrogen-bond donors (Lipinski definition) is 0. The summed E-state index contributed by atoms with van der Waals surface area (Å²) >= 11 is 0. The lowest BCUT2D eigenvalue weighted by molar-refractivity contribution is 1.07. The molecule has 0 radical (unpaired) electrons. The lowest BCUT2D eigenvalue weighted by atomic mass is 10.0. The molecule has 0 fully saturated rings. The number of hydrogen-bond acceptors (Lipinski definition) is 3. The Labute approximate surface area is 288 Å². The molecule has 10 rings (SSSR count). The van der Waals surface area contributed by atoms with Gasteiger partial charge in [-0.1, -0.05) is 115 Å². The van der Waals surface area contributed by atoms with Crippen molar-refractivity contribution in [2.75, 3.05) is 0 Å². The average molecular weight is 640 g/mol. The standard InChI is InChI=1S/C45H29N5/c1-4-13-30(14-5-1)43-46-44(31-15-6-2-7-16-31)48-45(47-43)33-17-12-20-35(27-33)50-41-22-11-10-21-36(41)39-28-32-23-24-40-37(38(32)29-42(39)50)25-26-49(40)34-18-8-3-9-19-34/h1-29H. The Morgan fingerprint density at radius 1 is 0.340 bits per heavy atom. The van der Waals surface area contributed by atoms with Crippen LogP contribution in [0.5, 0.6) is 0 Å². The summed E-state index contributed by atoms with van der Waals surface area (Å²) in [4.78, 5) is 14.9. The number of benzene rings is 7. The fourth-order valence-electron chi connectivity index (χ4n) is 7.23. The third kappa shape index (κ3) is 4.60. The number of fused-ring (bicyclic) bond motifs is 6. The van der Waals surface area contributed by atoms with E-state index in [1.54, 1.807) is 0 Å². The summed E-state index contributed by atoms with van der Waals surface area (Å²) in [7, 11) is 0. The van der Waals surface area contributed by atoms with Crippen molar-refractivity contribution in [3.05, 3.63) is 176 Å². The zero-order valence-corrected chi connectivity index (χ0v) is 27.0. The van der Waals surface area contributed by atoms with Crippen molar-refractivity contribution >= 4 is 43.5 Å². The highest BCUT2D eigenvalue weighted by Crippen LogP contribution is 2.38. The van der Waals surface area contributed by atoms with E-state index in [4.69, 9.17) is 15.0 Å². The molecule has 0 saturated heterocycles. The lowest BCUT2D eigenvalue weighted by Crippen LogP contribution is -2.01. The monoisotopic (exact) mass is 639 g/mol. The van der Waals surface area contributed by atoms with E-state index in [-0.39, 0.29) is 0 Å².